The van der Waals surface area contributed by atoms with E-state index in [0.29, 0.717) is 24.7 Å². The van der Waals surface area contributed by atoms with Gasteiger partial charge in [0.1, 0.15) is 5.82 Å². The molecular formula is C25H32N8OS2. The van der Waals surface area contributed by atoms with Crippen LogP contribution in [0.3, 0.4) is 0 Å². The van der Waals surface area contributed by atoms with Crippen LogP contribution in [0.1, 0.15) is 42.5 Å². The molecule has 9 nitrogen and oxygen atoms in total. The standard InChI is InChI=1S/C25H30N8OS.H2S/c1-15-26-18-11-12-35-20(18)23(27-15)29-22-17-13-33(25(2,3)21(17)30-31-22)24(34)28-19(14-32(4)5)16-9-7-6-8-10-16;/h6-12,19H,13-14H2,1-5H3,(H,28,34)(H2,26,27,29,30,31);1H2/t19-;/m1./s1. The van der Waals surface area contributed by atoms with Crippen molar-refractivity contribution in [2.75, 3.05) is 26.0 Å². The molecule has 1 aliphatic heterocycles. The van der Waals surface area contributed by atoms with Gasteiger partial charge in [0.15, 0.2) is 11.6 Å². The summed E-state index contributed by atoms with van der Waals surface area (Å²) >= 11 is 1.59. The number of fused-ring (bicyclic) bond motifs is 2. The summed E-state index contributed by atoms with van der Waals surface area (Å²) in [6.45, 7) is 7.09. The fourth-order valence-corrected chi connectivity index (χ4v) is 5.41. The molecule has 0 aliphatic carbocycles. The normalized spacial score (nSPS) is 15.0. The number of H-pyrrole nitrogens is 1. The van der Waals surface area contributed by atoms with Crippen LogP contribution < -0.4 is 10.6 Å². The van der Waals surface area contributed by atoms with Crippen molar-refractivity contribution in [2.24, 2.45) is 0 Å². The molecule has 0 fully saturated rings. The highest BCUT2D eigenvalue weighted by Crippen LogP contribution is 2.41. The average molecular weight is 525 g/mol. The Balaban J connectivity index is 0.00000304. The van der Waals surface area contributed by atoms with Gasteiger partial charge in [0, 0.05) is 12.1 Å². The maximum absolute atomic E-state index is 13.6. The van der Waals surface area contributed by atoms with Gasteiger partial charge in [0.2, 0.25) is 0 Å². The maximum Gasteiger partial charge on any atom is 0.319 e. The van der Waals surface area contributed by atoms with Gasteiger partial charge in [-0.3, -0.25) is 5.10 Å². The number of hydrogen-bond acceptors (Lipinski definition) is 7. The number of nitrogens with one attached hydrogen (secondary N) is 3. The second kappa shape index (κ2) is 10.1. The summed E-state index contributed by atoms with van der Waals surface area (Å²) in [7, 11) is 4.02. The van der Waals surface area contributed by atoms with Crippen molar-refractivity contribution in [2.45, 2.75) is 38.9 Å². The Kier molecular flexibility index (Phi) is 7.26. The maximum atomic E-state index is 13.6. The van der Waals surface area contributed by atoms with Gasteiger partial charge in [0.05, 0.1) is 34.0 Å². The number of amides is 2. The Morgan fingerprint density at radius 1 is 1.19 bits per heavy atom. The van der Waals surface area contributed by atoms with Gasteiger partial charge < -0.3 is 20.4 Å². The van der Waals surface area contributed by atoms with E-state index in [1.54, 1.807) is 11.3 Å². The lowest BCUT2D eigenvalue weighted by molar-refractivity contribution is 0.138. The number of aromatic amines is 1. The van der Waals surface area contributed by atoms with Crippen molar-refractivity contribution < 1.29 is 4.79 Å². The van der Waals surface area contributed by atoms with Crippen molar-refractivity contribution >= 4 is 52.7 Å². The summed E-state index contributed by atoms with van der Waals surface area (Å²) in [6.07, 6.45) is 0. The molecule has 0 saturated carbocycles. The van der Waals surface area contributed by atoms with E-state index in [0.717, 1.165) is 32.9 Å². The highest BCUT2D eigenvalue weighted by molar-refractivity contribution is 7.59. The van der Waals surface area contributed by atoms with Crippen LogP contribution in [0.4, 0.5) is 16.4 Å². The van der Waals surface area contributed by atoms with E-state index in [-0.39, 0.29) is 25.6 Å². The Labute approximate surface area is 221 Å². The Bertz CT molecular complexity index is 1370. The van der Waals surface area contributed by atoms with Gasteiger partial charge in [-0.15, -0.1) is 11.3 Å². The number of aryl methyl sites for hydroxylation is 1. The second-order valence-corrected chi connectivity index (χ2v) is 10.5. The topological polar surface area (TPSA) is 102 Å². The van der Waals surface area contributed by atoms with Crippen LogP contribution in [0.15, 0.2) is 41.8 Å². The molecule has 1 atom stereocenters. The lowest BCUT2D eigenvalue weighted by Gasteiger charge is -2.34. The van der Waals surface area contributed by atoms with Crippen LogP contribution >= 0.6 is 24.8 Å². The summed E-state index contributed by atoms with van der Waals surface area (Å²) in [5.74, 6) is 2.11. The summed E-state index contributed by atoms with van der Waals surface area (Å²) in [5, 5.41) is 16.4. The molecule has 11 heteroatoms. The molecular weight excluding hydrogens is 492 g/mol. The zero-order chi connectivity index (χ0) is 24.7. The number of carbonyl (C=O) groups is 1. The van der Waals surface area contributed by atoms with Crippen LogP contribution in [-0.2, 0) is 12.1 Å². The van der Waals surface area contributed by atoms with Crippen molar-refractivity contribution in [1.82, 2.24) is 35.3 Å². The van der Waals surface area contributed by atoms with E-state index in [4.69, 9.17) is 0 Å². The van der Waals surface area contributed by atoms with Crippen LogP contribution in [0.2, 0.25) is 0 Å². The first kappa shape index (κ1) is 25.9. The van der Waals surface area contributed by atoms with Gasteiger partial charge in [-0.2, -0.15) is 18.6 Å². The first-order chi connectivity index (χ1) is 16.7. The minimum absolute atomic E-state index is 0. The molecule has 36 heavy (non-hydrogen) atoms. The van der Waals surface area contributed by atoms with Crippen LogP contribution in [-0.4, -0.2) is 56.6 Å². The number of aromatic nitrogens is 4. The summed E-state index contributed by atoms with van der Waals surface area (Å²) in [5.41, 5.74) is 3.33. The lowest BCUT2D eigenvalue weighted by Crippen LogP contribution is -2.48. The summed E-state index contributed by atoms with van der Waals surface area (Å²) < 4.78 is 0.980. The van der Waals surface area contributed by atoms with Crippen molar-refractivity contribution in [3.63, 3.8) is 0 Å². The molecule has 3 N–H and O–H groups in total. The minimum atomic E-state index is -0.550. The van der Waals surface area contributed by atoms with E-state index in [1.165, 1.54) is 0 Å². The van der Waals surface area contributed by atoms with Crippen LogP contribution in [0, 0.1) is 6.92 Å². The predicted molar refractivity (Wildman–Crippen MR) is 149 cm³/mol. The van der Waals surface area contributed by atoms with E-state index < -0.39 is 5.54 Å². The Morgan fingerprint density at radius 3 is 2.67 bits per heavy atom. The zero-order valence-corrected chi connectivity index (χ0v) is 22.9. The Hall–Kier alpha value is -3.15. The molecule has 190 valence electrons. The molecule has 5 rings (SSSR count). The molecule has 0 saturated heterocycles. The van der Waals surface area contributed by atoms with E-state index >= 15 is 0 Å². The third kappa shape index (κ3) is 4.78. The van der Waals surface area contributed by atoms with Crippen molar-refractivity contribution in [3.05, 3.63) is 64.4 Å². The zero-order valence-electron chi connectivity index (χ0n) is 21.1. The number of urea groups is 1. The molecule has 2 amide bonds. The number of carbonyl (C=O) groups excluding carboxylic acids is 1. The number of rotatable bonds is 6. The number of likely N-dealkylation sites (N-methyl/N-ethyl adjacent to an activating group) is 1. The monoisotopic (exact) mass is 524 g/mol. The quantitative estimate of drug-likeness (QED) is 0.340. The fraction of sp³-hybridized carbons (Fsp3) is 0.360. The van der Waals surface area contributed by atoms with Crippen molar-refractivity contribution in [3.8, 4) is 0 Å². The first-order valence-electron chi connectivity index (χ1n) is 11.6. The molecule has 1 aliphatic rings. The Morgan fingerprint density at radius 2 is 1.94 bits per heavy atom. The fourth-order valence-electron chi connectivity index (χ4n) is 4.63. The smallest absolute Gasteiger partial charge is 0.319 e. The highest BCUT2D eigenvalue weighted by atomic mass is 32.1. The molecule has 0 unspecified atom stereocenters. The number of anilines is 2. The molecule has 0 spiro atoms. The van der Waals surface area contributed by atoms with Gasteiger partial charge in [-0.1, -0.05) is 30.3 Å². The van der Waals surface area contributed by atoms with Gasteiger partial charge in [-0.05, 0) is 51.9 Å². The first-order valence-corrected chi connectivity index (χ1v) is 12.5. The largest absolute Gasteiger partial charge is 0.330 e. The third-order valence-corrected chi connectivity index (χ3v) is 7.33. The second-order valence-electron chi connectivity index (χ2n) is 9.63. The van der Waals surface area contributed by atoms with Crippen molar-refractivity contribution in [1.29, 1.82) is 0 Å². The van der Waals surface area contributed by atoms with Gasteiger partial charge in [-0.25, -0.2) is 14.8 Å². The SMILES string of the molecule is Cc1nc(Nc2n[nH]c3c2CN(C(=O)N[C@H](CN(C)C)c2ccccc2)C3(C)C)c2sccc2n1.S. The van der Waals surface area contributed by atoms with Gasteiger partial charge in [0.25, 0.3) is 0 Å². The molecule has 0 radical (unpaired) electrons. The number of thiophene rings is 1. The molecule has 1 aromatic carbocycles. The molecule has 3 aromatic heterocycles. The molecule has 4 aromatic rings. The number of hydrogen-bond donors (Lipinski definition) is 3. The number of nitrogens with zero attached hydrogens (tertiary/aromatic N) is 5. The predicted octanol–water partition coefficient (Wildman–Crippen LogP) is 4.64. The highest BCUT2D eigenvalue weighted by Gasteiger charge is 2.44. The average Bonchev–Trinajstić information content (AvgIpc) is 3.50. The third-order valence-electron chi connectivity index (χ3n) is 6.41. The van der Waals surface area contributed by atoms with Crippen LogP contribution in [0.5, 0.6) is 0 Å². The van der Waals surface area contributed by atoms with E-state index in [2.05, 4.69) is 35.7 Å². The lowest BCUT2D eigenvalue weighted by atomic mass is 10.0. The minimum Gasteiger partial charge on any atom is -0.330 e. The summed E-state index contributed by atoms with van der Waals surface area (Å²) in [6, 6.07) is 11.8. The van der Waals surface area contributed by atoms with E-state index in [9.17, 15) is 4.79 Å². The van der Waals surface area contributed by atoms with E-state index in [1.807, 2.05) is 81.5 Å². The van der Waals surface area contributed by atoms with Crippen LogP contribution in [0.25, 0.3) is 10.2 Å². The number of benzene rings is 1. The van der Waals surface area contributed by atoms with Gasteiger partial charge >= 0.3 is 6.03 Å². The summed E-state index contributed by atoms with van der Waals surface area (Å²) in [4.78, 5) is 26.6. The molecule has 0 bridgehead atoms. The molecule has 4 heterocycles.